The van der Waals surface area contributed by atoms with Crippen LogP contribution < -0.4 is 4.74 Å². The zero-order valence-electron chi connectivity index (χ0n) is 13.3. The zero-order valence-corrected chi connectivity index (χ0v) is 13.3. The summed E-state index contributed by atoms with van der Waals surface area (Å²) in [6.45, 7) is 0.364. The molecule has 1 aliphatic heterocycles. The third kappa shape index (κ3) is 3.08. The van der Waals surface area contributed by atoms with Gasteiger partial charge in [0.1, 0.15) is 17.4 Å². The predicted octanol–water partition coefficient (Wildman–Crippen LogP) is 4.26. The summed E-state index contributed by atoms with van der Waals surface area (Å²) in [6.07, 6.45) is 3.88. The number of Topliss-reactive ketones (excluding diaryl/α,β-unsaturated/α-hetero) is 1. The van der Waals surface area contributed by atoms with Crippen molar-refractivity contribution in [2.45, 2.75) is 6.42 Å². The van der Waals surface area contributed by atoms with Crippen molar-refractivity contribution < 1.29 is 13.9 Å². The summed E-state index contributed by atoms with van der Waals surface area (Å²) in [7, 11) is 0. The summed E-state index contributed by atoms with van der Waals surface area (Å²) in [5.74, 6) is 0.312. The minimum Gasteiger partial charge on any atom is -0.492 e. The van der Waals surface area contributed by atoms with Crippen molar-refractivity contribution in [1.29, 1.82) is 0 Å². The lowest BCUT2D eigenvalue weighted by Gasteiger charge is -2.04. The molecule has 2 aromatic carbocycles. The number of nitrogens with zero attached hydrogens (tertiary/aromatic N) is 1. The maximum Gasteiger partial charge on any atom is 0.193 e. The van der Waals surface area contributed by atoms with Gasteiger partial charge in [-0.25, -0.2) is 9.37 Å². The van der Waals surface area contributed by atoms with E-state index in [0.29, 0.717) is 30.2 Å². The molecule has 0 unspecified atom stereocenters. The average Bonchev–Trinajstić information content (AvgIpc) is 3.05. The van der Waals surface area contributed by atoms with E-state index in [1.165, 1.54) is 18.2 Å². The topological polar surface area (TPSA) is 55.0 Å². The van der Waals surface area contributed by atoms with Crippen molar-refractivity contribution in [2.75, 3.05) is 6.61 Å². The third-order valence-corrected chi connectivity index (χ3v) is 4.10. The second-order valence-corrected chi connectivity index (χ2v) is 5.79. The van der Waals surface area contributed by atoms with Crippen LogP contribution in [0, 0.1) is 5.82 Å². The number of fused-ring (bicyclic) bond motifs is 1. The number of halogens is 1. The van der Waals surface area contributed by atoms with Crippen LogP contribution in [-0.4, -0.2) is 22.4 Å². The first-order chi connectivity index (χ1) is 12.2. The number of carbonyl (C=O) groups excluding carboxylic acids is 1. The van der Waals surface area contributed by atoms with Gasteiger partial charge in [-0.15, -0.1) is 0 Å². The largest absolute Gasteiger partial charge is 0.492 e. The van der Waals surface area contributed by atoms with Gasteiger partial charge in [-0.3, -0.25) is 4.79 Å². The molecule has 1 N–H and O–H groups in total. The second kappa shape index (κ2) is 6.36. The Bertz CT molecular complexity index is 961. The number of carbonyl (C=O) groups is 1. The Morgan fingerprint density at radius 1 is 1.16 bits per heavy atom. The number of rotatable bonds is 2. The Kier molecular flexibility index (Phi) is 3.90. The molecule has 3 aromatic rings. The van der Waals surface area contributed by atoms with Crippen molar-refractivity contribution in [2.24, 2.45) is 0 Å². The molecule has 1 aromatic heterocycles. The summed E-state index contributed by atoms with van der Waals surface area (Å²) >= 11 is 0. The molecule has 0 saturated carbocycles. The number of nitrogens with one attached hydrogen (secondary N) is 1. The number of imidazole rings is 1. The highest BCUT2D eigenvalue weighted by atomic mass is 19.1. The number of hydrogen-bond acceptors (Lipinski definition) is 3. The Morgan fingerprint density at radius 3 is 2.84 bits per heavy atom. The number of aromatic amines is 1. The molecule has 124 valence electrons. The van der Waals surface area contributed by atoms with Crippen LogP contribution in [-0.2, 0) is 0 Å². The van der Waals surface area contributed by atoms with Crippen molar-refractivity contribution in [1.82, 2.24) is 9.97 Å². The normalized spacial score (nSPS) is 15.6. The zero-order chi connectivity index (χ0) is 17.2. The number of ketones is 1. The van der Waals surface area contributed by atoms with E-state index in [1.54, 1.807) is 12.3 Å². The van der Waals surface area contributed by atoms with Crippen LogP contribution in [0.4, 0.5) is 4.39 Å². The average molecular weight is 334 g/mol. The van der Waals surface area contributed by atoms with Crippen LogP contribution in [0.2, 0.25) is 0 Å². The van der Waals surface area contributed by atoms with E-state index in [9.17, 15) is 9.18 Å². The van der Waals surface area contributed by atoms with Crippen molar-refractivity contribution in [3.63, 3.8) is 0 Å². The second-order valence-electron chi connectivity index (χ2n) is 5.79. The maximum atomic E-state index is 13.5. The van der Waals surface area contributed by atoms with Crippen molar-refractivity contribution in [3.8, 4) is 17.0 Å². The molecule has 0 amide bonds. The maximum absolute atomic E-state index is 13.5. The molecule has 0 spiro atoms. The molecule has 2 heterocycles. The van der Waals surface area contributed by atoms with Crippen molar-refractivity contribution >= 4 is 11.9 Å². The van der Waals surface area contributed by atoms with Crippen LogP contribution in [0.3, 0.4) is 0 Å². The molecule has 25 heavy (non-hydrogen) atoms. The molecule has 1 aliphatic rings. The van der Waals surface area contributed by atoms with Gasteiger partial charge in [-0.1, -0.05) is 30.3 Å². The summed E-state index contributed by atoms with van der Waals surface area (Å²) in [6, 6.07) is 13.8. The van der Waals surface area contributed by atoms with E-state index in [2.05, 4.69) is 9.97 Å². The number of H-pyrrole nitrogens is 1. The Balaban J connectivity index is 1.67. The predicted molar refractivity (Wildman–Crippen MR) is 92.8 cm³/mol. The quantitative estimate of drug-likeness (QED) is 0.712. The fourth-order valence-electron chi connectivity index (χ4n) is 2.84. The minimum absolute atomic E-state index is 0.232. The van der Waals surface area contributed by atoms with E-state index in [-0.39, 0.29) is 11.3 Å². The molecular weight excluding hydrogens is 319 g/mol. The molecule has 0 atom stereocenters. The monoisotopic (exact) mass is 334 g/mol. The number of hydrogen-bond donors (Lipinski definition) is 1. The van der Waals surface area contributed by atoms with Crippen LogP contribution in [0.5, 0.6) is 5.75 Å². The van der Waals surface area contributed by atoms with E-state index in [4.69, 9.17) is 4.74 Å². The molecule has 0 bridgehead atoms. The first-order valence-corrected chi connectivity index (χ1v) is 7.99. The molecule has 0 radical (unpaired) electrons. The van der Waals surface area contributed by atoms with E-state index in [0.717, 1.165) is 11.3 Å². The van der Waals surface area contributed by atoms with E-state index < -0.39 is 5.82 Å². The number of aromatic nitrogens is 2. The molecule has 5 heteroatoms. The smallest absolute Gasteiger partial charge is 0.193 e. The standard InChI is InChI=1S/C20H15FN2O2/c21-15-6-7-18-16(11-15)20(24)14(8-9-25-18)10-19-22-12-17(23-19)13-4-2-1-3-5-13/h1-7,10-12H,8-9H2,(H,22,23). The summed E-state index contributed by atoms with van der Waals surface area (Å²) in [5, 5.41) is 0. The fraction of sp³-hybridized carbons (Fsp3) is 0.100. The summed E-state index contributed by atoms with van der Waals surface area (Å²) in [5.41, 5.74) is 2.68. The van der Waals surface area contributed by atoms with Crippen molar-refractivity contribution in [3.05, 3.63) is 77.5 Å². The first-order valence-electron chi connectivity index (χ1n) is 7.99. The lowest BCUT2D eigenvalue weighted by atomic mass is 10.0. The van der Waals surface area contributed by atoms with Crippen LogP contribution in [0.1, 0.15) is 22.6 Å². The Morgan fingerprint density at radius 2 is 2.00 bits per heavy atom. The van der Waals surface area contributed by atoms with Crippen LogP contribution in [0.15, 0.2) is 60.3 Å². The lowest BCUT2D eigenvalue weighted by Crippen LogP contribution is -2.03. The highest BCUT2D eigenvalue weighted by Crippen LogP contribution is 2.28. The minimum atomic E-state index is -0.457. The van der Waals surface area contributed by atoms with Gasteiger partial charge < -0.3 is 9.72 Å². The highest BCUT2D eigenvalue weighted by Gasteiger charge is 2.22. The summed E-state index contributed by atoms with van der Waals surface area (Å²) < 4.78 is 19.1. The van der Waals surface area contributed by atoms with Gasteiger partial charge >= 0.3 is 0 Å². The van der Waals surface area contributed by atoms with Gasteiger partial charge in [0.15, 0.2) is 5.78 Å². The van der Waals surface area contributed by atoms with E-state index >= 15 is 0 Å². The van der Waals surface area contributed by atoms with Gasteiger partial charge in [0.05, 0.1) is 24.1 Å². The Hall–Kier alpha value is -3.21. The van der Waals surface area contributed by atoms with Gasteiger partial charge in [0, 0.05) is 12.0 Å². The molecule has 4 rings (SSSR count). The summed E-state index contributed by atoms with van der Waals surface area (Å²) in [4.78, 5) is 20.2. The first kappa shape index (κ1) is 15.3. The van der Waals surface area contributed by atoms with Gasteiger partial charge in [-0.05, 0) is 29.8 Å². The molecule has 0 aliphatic carbocycles. The molecular formula is C20H15FN2O2. The number of ether oxygens (including phenoxy) is 1. The van der Waals surface area contributed by atoms with Crippen LogP contribution in [0.25, 0.3) is 17.3 Å². The number of benzene rings is 2. The molecule has 0 saturated heterocycles. The third-order valence-electron chi connectivity index (χ3n) is 4.10. The van der Waals surface area contributed by atoms with Gasteiger partial charge in [0.25, 0.3) is 0 Å². The van der Waals surface area contributed by atoms with Gasteiger partial charge in [-0.2, -0.15) is 0 Å². The van der Waals surface area contributed by atoms with Crippen LogP contribution >= 0.6 is 0 Å². The lowest BCUT2D eigenvalue weighted by molar-refractivity contribution is 0.103. The van der Waals surface area contributed by atoms with E-state index in [1.807, 2.05) is 30.3 Å². The fourth-order valence-corrected chi connectivity index (χ4v) is 2.84. The van der Waals surface area contributed by atoms with Gasteiger partial charge in [0.2, 0.25) is 0 Å². The molecule has 4 nitrogen and oxygen atoms in total. The SMILES string of the molecule is O=C1C(=Cc2ncc(-c3ccccc3)[nH]2)CCOc2ccc(F)cc21. The Labute approximate surface area is 144 Å². The molecule has 0 fully saturated rings. The highest BCUT2D eigenvalue weighted by molar-refractivity contribution is 6.13.